The number of carbonyl (C=O) groups excluding carboxylic acids is 1. The number of rotatable bonds is 1. The number of aromatic nitrogens is 1. The minimum atomic E-state index is -0.243. The normalized spacial score (nSPS) is 13.8. The summed E-state index contributed by atoms with van der Waals surface area (Å²) in [4.78, 5) is 15.3. The van der Waals surface area contributed by atoms with Gasteiger partial charge in [-0.25, -0.2) is 4.79 Å². The molecule has 0 saturated heterocycles. The van der Waals surface area contributed by atoms with Crippen molar-refractivity contribution in [3.8, 4) is 0 Å². The number of aryl methyl sites for hydroxylation is 2. The van der Waals surface area contributed by atoms with Gasteiger partial charge in [0.25, 0.3) is 0 Å². The van der Waals surface area contributed by atoms with E-state index >= 15 is 0 Å². The summed E-state index contributed by atoms with van der Waals surface area (Å²) in [5, 5.41) is 0. The maximum Gasteiger partial charge on any atom is 0.348 e. The Labute approximate surface area is 84.7 Å². The molecule has 0 saturated carbocycles. The van der Waals surface area contributed by atoms with Crippen LogP contribution >= 0.6 is 11.3 Å². The van der Waals surface area contributed by atoms with Crippen LogP contribution in [0.2, 0.25) is 0 Å². The molecule has 0 unspecified atom stereocenters. The van der Waals surface area contributed by atoms with Crippen molar-refractivity contribution in [3.63, 3.8) is 0 Å². The van der Waals surface area contributed by atoms with Crippen molar-refractivity contribution >= 4 is 27.5 Å². The van der Waals surface area contributed by atoms with E-state index in [1.54, 1.807) is 0 Å². The van der Waals surface area contributed by atoms with E-state index in [0.717, 1.165) is 18.4 Å². The number of carbonyl (C=O) groups is 1. The number of hydrogen-bond donors (Lipinski definition) is 1. The molecular weight excluding hydrogens is 198 g/mol. The van der Waals surface area contributed by atoms with E-state index in [0.29, 0.717) is 4.88 Å². The van der Waals surface area contributed by atoms with E-state index in [1.165, 1.54) is 34.4 Å². The predicted octanol–water partition coefficient (Wildman–Crippen LogP) is 2.11. The van der Waals surface area contributed by atoms with E-state index in [-0.39, 0.29) is 5.97 Å². The largest absolute Gasteiger partial charge is 0.465 e. The number of hydrogen-bond acceptors (Lipinski definition) is 3. The molecule has 2 heterocycles. The highest BCUT2D eigenvalue weighted by atomic mass is 32.1. The summed E-state index contributed by atoms with van der Waals surface area (Å²) in [5.41, 5.74) is 3.81. The Morgan fingerprint density at radius 2 is 2.43 bits per heavy atom. The lowest BCUT2D eigenvalue weighted by Gasteiger charge is -2.11. The maximum atomic E-state index is 11.3. The molecule has 2 aromatic rings. The van der Waals surface area contributed by atoms with E-state index in [9.17, 15) is 4.79 Å². The van der Waals surface area contributed by atoms with Crippen molar-refractivity contribution < 1.29 is 9.53 Å². The highest BCUT2D eigenvalue weighted by Crippen LogP contribution is 2.36. The molecule has 0 bridgehead atoms. The Balaban J connectivity index is 2.18. The first-order chi connectivity index (χ1) is 6.79. The molecule has 3 rings (SSSR count). The van der Waals surface area contributed by atoms with Crippen LogP contribution in [-0.2, 0) is 17.6 Å². The third kappa shape index (κ3) is 0.889. The van der Waals surface area contributed by atoms with E-state index in [1.807, 2.05) is 6.07 Å². The zero-order valence-electron chi connectivity index (χ0n) is 7.72. The quantitative estimate of drug-likeness (QED) is 0.728. The van der Waals surface area contributed by atoms with Crippen molar-refractivity contribution in [1.82, 2.24) is 4.98 Å². The summed E-state index contributed by atoms with van der Waals surface area (Å²) < 4.78 is 5.91. The molecule has 0 aliphatic heterocycles. The third-order valence-corrected chi connectivity index (χ3v) is 3.84. The van der Waals surface area contributed by atoms with Crippen molar-refractivity contribution in [2.75, 3.05) is 7.11 Å². The Bertz CT molecular complexity index is 523. The van der Waals surface area contributed by atoms with Crippen LogP contribution in [0.25, 0.3) is 10.2 Å². The number of thiophene rings is 1. The van der Waals surface area contributed by atoms with E-state index < -0.39 is 0 Å². The van der Waals surface area contributed by atoms with Crippen molar-refractivity contribution in [2.45, 2.75) is 12.8 Å². The number of esters is 1. The van der Waals surface area contributed by atoms with Gasteiger partial charge in [-0.3, -0.25) is 0 Å². The van der Waals surface area contributed by atoms with Gasteiger partial charge in [0.15, 0.2) is 0 Å². The molecule has 0 aromatic carbocycles. The van der Waals surface area contributed by atoms with Crippen molar-refractivity contribution in [3.05, 3.63) is 22.2 Å². The van der Waals surface area contributed by atoms with Crippen LogP contribution in [0.4, 0.5) is 0 Å². The molecular formula is C10H9NO2S. The fraction of sp³-hybridized carbons (Fsp3) is 0.300. The molecule has 1 N–H and O–H groups in total. The average Bonchev–Trinajstić information content (AvgIpc) is 2.63. The van der Waals surface area contributed by atoms with Gasteiger partial charge in [0.1, 0.15) is 4.88 Å². The summed E-state index contributed by atoms with van der Waals surface area (Å²) in [5.74, 6) is -0.243. The minimum absolute atomic E-state index is 0.243. The lowest BCUT2D eigenvalue weighted by molar-refractivity contribution is 0.0606. The predicted molar refractivity (Wildman–Crippen MR) is 54.9 cm³/mol. The number of aromatic amines is 1. The van der Waals surface area contributed by atoms with Crippen LogP contribution in [-0.4, -0.2) is 18.1 Å². The molecule has 14 heavy (non-hydrogen) atoms. The van der Waals surface area contributed by atoms with Gasteiger partial charge in [-0.2, -0.15) is 0 Å². The molecule has 1 aliphatic rings. The molecule has 0 spiro atoms. The molecule has 4 heteroatoms. The monoisotopic (exact) mass is 207 g/mol. The zero-order chi connectivity index (χ0) is 9.71. The number of nitrogens with one attached hydrogen (secondary N) is 1. The van der Waals surface area contributed by atoms with Crippen molar-refractivity contribution in [1.29, 1.82) is 0 Å². The van der Waals surface area contributed by atoms with Gasteiger partial charge in [-0.15, -0.1) is 11.3 Å². The zero-order valence-corrected chi connectivity index (χ0v) is 8.53. The SMILES string of the molecule is COC(=O)c1cc2[nH]c3c(c2s1)CC3. The number of H-pyrrole nitrogens is 1. The van der Waals surface area contributed by atoms with Gasteiger partial charge in [0.05, 0.1) is 17.3 Å². The fourth-order valence-corrected chi connectivity index (χ4v) is 2.97. The lowest BCUT2D eigenvalue weighted by Crippen LogP contribution is -2.05. The number of ether oxygens (including phenoxy) is 1. The van der Waals surface area contributed by atoms with Crippen LogP contribution in [0.3, 0.4) is 0 Å². The molecule has 0 fully saturated rings. The summed E-state index contributed by atoms with van der Waals surface area (Å²) in [7, 11) is 1.41. The first-order valence-corrected chi connectivity index (χ1v) is 5.33. The second-order valence-electron chi connectivity index (χ2n) is 3.43. The highest BCUT2D eigenvalue weighted by Gasteiger charge is 2.22. The standard InChI is InChI=1S/C10H9NO2S/c1-13-10(12)8-4-7-9(14-8)5-2-3-6(5)11-7/h4,11H,2-3H2,1H3. The van der Waals surface area contributed by atoms with Gasteiger partial charge >= 0.3 is 5.97 Å². The first-order valence-electron chi connectivity index (χ1n) is 4.51. The molecule has 2 aromatic heterocycles. The highest BCUT2D eigenvalue weighted by molar-refractivity contribution is 7.21. The fourth-order valence-electron chi connectivity index (χ4n) is 1.84. The topological polar surface area (TPSA) is 42.1 Å². The summed E-state index contributed by atoms with van der Waals surface area (Å²) in [6.07, 6.45) is 2.28. The molecule has 72 valence electrons. The lowest BCUT2D eigenvalue weighted by atomic mass is 9.97. The maximum absolute atomic E-state index is 11.3. The van der Waals surface area contributed by atoms with Crippen molar-refractivity contribution in [2.24, 2.45) is 0 Å². The van der Waals surface area contributed by atoms with Gasteiger partial charge in [-0.05, 0) is 24.5 Å². The van der Waals surface area contributed by atoms with Crippen LogP contribution < -0.4 is 0 Å². The van der Waals surface area contributed by atoms with E-state index in [4.69, 9.17) is 0 Å². The average molecular weight is 207 g/mol. The summed E-state index contributed by atoms with van der Waals surface area (Å²) in [6.45, 7) is 0. The summed E-state index contributed by atoms with van der Waals surface area (Å²) in [6, 6.07) is 1.88. The van der Waals surface area contributed by atoms with Crippen LogP contribution in [0, 0.1) is 0 Å². The molecule has 0 radical (unpaired) electrons. The second kappa shape index (κ2) is 2.60. The first kappa shape index (κ1) is 8.05. The molecule has 0 atom stereocenters. The molecule has 1 aliphatic carbocycles. The number of fused-ring (bicyclic) bond motifs is 3. The molecule has 3 nitrogen and oxygen atoms in total. The van der Waals surface area contributed by atoms with E-state index in [2.05, 4.69) is 9.72 Å². The third-order valence-electron chi connectivity index (χ3n) is 2.67. The van der Waals surface area contributed by atoms with Gasteiger partial charge in [0.2, 0.25) is 0 Å². The Kier molecular flexibility index (Phi) is 1.50. The molecule has 0 amide bonds. The minimum Gasteiger partial charge on any atom is -0.465 e. The second-order valence-corrected chi connectivity index (χ2v) is 4.48. The van der Waals surface area contributed by atoms with Gasteiger partial charge in [0, 0.05) is 5.69 Å². The Hall–Kier alpha value is -1.29. The van der Waals surface area contributed by atoms with Gasteiger partial charge < -0.3 is 9.72 Å². The Morgan fingerprint density at radius 1 is 1.57 bits per heavy atom. The Morgan fingerprint density at radius 3 is 3.07 bits per heavy atom. The van der Waals surface area contributed by atoms with Crippen LogP contribution in [0.5, 0.6) is 0 Å². The van der Waals surface area contributed by atoms with Crippen LogP contribution in [0.1, 0.15) is 20.9 Å². The van der Waals surface area contributed by atoms with Gasteiger partial charge in [-0.1, -0.05) is 0 Å². The smallest absolute Gasteiger partial charge is 0.348 e. The summed E-state index contributed by atoms with van der Waals surface area (Å²) >= 11 is 1.52. The number of methoxy groups -OCH3 is 1. The van der Waals surface area contributed by atoms with Crippen LogP contribution in [0.15, 0.2) is 6.07 Å².